The average Bonchev–Trinajstić information content (AvgIpc) is 2.48. The minimum Gasteiger partial charge on any atom is -0.497 e. The molecule has 21 heavy (non-hydrogen) atoms. The summed E-state index contributed by atoms with van der Waals surface area (Å²) >= 11 is 5.71. The maximum atomic E-state index is 13.6. The summed E-state index contributed by atoms with van der Waals surface area (Å²) in [7, 11) is 1.43. The van der Waals surface area contributed by atoms with Crippen LogP contribution < -0.4 is 20.3 Å². The zero-order chi connectivity index (χ0) is 15.2. The van der Waals surface area contributed by atoms with Gasteiger partial charge in [-0.05, 0) is 36.4 Å². The lowest BCUT2D eigenvalue weighted by atomic mass is 10.3. The molecule has 0 aliphatic carbocycles. The van der Waals surface area contributed by atoms with E-state index in [1.807, 2.05) is 0 Å². The molecule has 2 rings (SSSR count). The van der Waals surface area contributed by atoms with Gasteiger partial charge in [0.2, 0.25) is 0 Å². The van der Waals surface area contributed by atoms with E-state index in [0.717, 1.165) is 0 Å². The number of carbonyl (C=O) groups excluding carboxylic acids is 1. The van der Waals surface area contributed by atoms with Crippen molar-refractivity contribution in [1.82, 2.24) is 5.43 Å². The number of hydrazine groups is 1. The molecule has 0 atom stereocenters. The first kappa shape index (κ1) is 14.9. The van der Waals surface area contributed by atoms with Gasteiger partial charge in [0.1, 0.15) is 11.5 Å². The Morgan fingerprint density at radius 1 is 1.14 bits per heavy atom. The first-order valence-corrected chi connectivity index (χ1v) is 6.29. The molecule has 0 saturated heterocycles. The summed E-state index contributed by atoms with van der Waals surface area (Å²) in [5, 5.41) is 0.529. The van der Waals surface area contributed by atoms with Crippen molar-refractivity contribution in [3.8, 4) is 11.5 Å². The number of hydrogen-bond donors (Lipinski definition) is 2. The predicted molar refractivity (Wildman–Crippen MR) is 77.2 cm³/mol. The second-order valence-corrected chi connectivity index (χ2v) is 4.38. The minimum atomic E-state index is -0.785. The number of anilines is 1. The normalized spacial score (nSPS) is 9.86. The van der Waals surface area contributed by atoms with Gasteiger partial charge in [0.05, 0.1) is 12.8 Å². The van der Waals surface area contributed by atoms with E-state index in [9.17, 15) is 9.18 Å². The van der Waals surface area contributed by atoms with Crippen molar-refractivity contribution < 1.29 is 18.7 Å². The zero-order valence-electron chi connectivity index (χ0n) is 11.0. The van der Waals surface area contributed by atoms with Crippen LogP contribution in [0.25, 0.3) is 0 Å². The Balaban J connectivity index is 1.90. The highest BCUT2D eigenvalue weighted by molar-refractivity contribution is 6.30. The van der Waals surface area contributed by atoms with E-state index in [1.165, 1.54) is 31.4 Å². The second-order valence-electron chi connectivity index (χ2n) is 3.94. The Morgan fingerprint density at radius 2 is 1.81 bits per heavy atom. The van der Waals surface area contributed by atoms with Gasteiger partial charge in [0.15, 0.2) is 5.82 Å². The van der Waals surface area contributed by atoms with E-state index in [0.29, 0.717) is 16.5 Å². The number of rotatable bonds is 4. The van der Waals surface area contributed by atoms with Gasteiger partial charge in [0.25, 0.3) is 0 Å². The molecule has 0 saturated carbocycles. The third-order valence-corrected chi connectivity index (χ3v) is 2.75. The number of carbonyl (C=O) groups is 1. The van der Waals surface area contributed by atoms with Crippen LogP contribution in [0.4, 0.5) is 14.9 Å². The molecule has 1 amide bonds. The van der Waals surface area contributed by atoms with Crippen molar-refractivity contribution in [2.75, 3.05) is 12.5 Å². The molecule has 0 aliphatic heterocycles. The first-order chi connectivity index (χ1) is 10.1. The molecule has 2 N–H and O–H groups in total. The molecule has 0 unspecified atom stereocenters. The topological polar surface area (TPSA) is 59.6 Å². The van der Waals surface area contributed by atoms with Gasteiger partial charge in [0, 0.05) is 11.1 Å². The van der Waals surface area contributed by atoms with Gasteiger partial charge in [-0.2, -0.15) is 0 Å². The number of ether oxygens (including phenoxy) is 2. The molecule has 7 heteroatoms. The molecule has 0 radical (unpaired) electrons. The second kappa shape index (κ2) is 6.81. The lowest BCUT2D eigenvalue weighted by molar-refractivity contribution is 0.203. The van der Waals surface area contributed by atoms with Gasteiger partial charge in [-0.15, -0.1) is 0 Å². The van der Waals surface area contributed by atoms with Crippen LogP contribution in [0.15, 0.2) is 42.5 Å². The number of benzene rings is 2. The van der Waals surface area contributed by atoms with Crippen LogP contribution in [0.2, 0.25) is 5.02 Å². The van der Waals surface area contributed by atoms with Gasteiger partial charge >= 0.3 is 6.09 Å². The van der Waals surface area contributed by atoms with Gasteiger partial charge in [-0.1, -0.05) is 11.6 Å². The van der Waals surface area contributed by atoms with Crippen LogP contribution in [-0.4, -0.2) is 13.2 Å². The van der Waals surface area contributed by atoms with Crippen molar-refractivity contribution in [2.45, 2.75) is 0 Å². The van der Waals surface area contributed by atoms with Crippen molar-refractivity contribution in [2.24, 2.45) is 0 Å². The maximum absolute atomic E-state index is 13.6. The molecule has 0 fully saturated rings. The Hall–Kier alpha value is -2.47. The molecule has 0 spiro atoms. The largest absolute Gasteiger partial charge is 0.497 e. The average molecular weight is 311 g/mol. The smallest absolute Gasteiger partial charge is 0.431 e. The van der Waals surface area contributed by atoms with Crippen molar-refractivity contribution >= 4 is 23.4 Å². The van der Waals surface area contributed by atoms with E-state index in [4.69, 9.17) is 21.1 Å². The monoisotopic (exact) mass is 310 g/mol. The van der Waals surface area contributed by atoms with Crippen LogP contribution in [0.1, 0.15) is 0 Å². The number of amides is 1. The molecule has 0 aromatic heterocycles. The maximum Gasteiger partial charge on any atom is 0.431 e. The van der Waals surface area contributed by atoms with E-state index in [1.54, 1.807) is 18.2 Å². The standard InChI is InChI=1S/C14H12ClFN2O3/c1-20-11-6-7-13(12(16)8-11)17-18-14(19)21-10-4-2-9(15)3-5-10/h2-8,17H,1H3,(H,18,19). The van der Waals surface area contributed by atoms with Crippen LogP contribution in [-0.2, 0) is 0 Å². The molecule has 2 aromatic carbocycles. The van der Waals surface area contributed by atoms with E-state index in [2.05, 4.69) is 10.9 Å². The number of halogens is 2. The predicted octanol–water partition coefficient (Wildman–Crippen LogP) is 3.60. The summed E-state index contributed by atoms with van der Waals surface area (Å²) in [5.74, 6) is 0.122. The van der Waals surface area contributed by atoms with Crippen molar-refractivity contribution in [3.05, 3.63) is 53.3 Å². The molecule has 2 aromatic rings. The first-order valence-electron chi connectivity index (χ1n) is 5.91. The Morgan fingerprint density at radius 3 is 2.43 bits per heavy atom. The Bertz CT molecular complexity index is 635. The van der Waals surface area contributed by atoms with E-state index in [-0.39, 0.29) is 5.69 Å². The lowest BCUT2D eigenvalue weighted by Crippen LogP contribution is -2.32. The molecular weight excluding hydrogens is 299 g/mol. The summed E-state index contributed by atoms with van der Waals surface area (Å²) < 4.78 is 23.4. The highest BCUT2D eigenvalue weighted by Crippen LogP contribution is 2.19. The van der Waals surface area contributed by atoms with Gasteiger partial charge in [-0.25, -0.2) is 14.6 Å². The summed E-state index contributed by atoms with van der Waals surface area (Å²) in [5.41, 5.74) is 4.72. The Kier molecular flexibility index (Phi) is 4.84. The number of hydrogen-bond acceptors (Lipinski definition) is 4. The Labute approximate surface area is 125 Å². The van der Waals surface area contributed by atoms with E-state index < -0.39 is 11.9 Å². The highest BCUT2D eigenvalue weighted by atomic mass is 35.5. The summed E-state index contributed by atoms with van der Waals surface area (Å²) in [6.45, 7) is 0. The number of methoxy groups -OCH3 is 1. The third kappa shape index (κ3) is 4.25. The highest BCUT2D eigenvalue weighted by Gasteiger charge is 2.07. The van der Waals surface area contributed by atoms with E-state index >= 15 is 0 Å². The number of nitrogens with one attached hydrogen (secondary N) is 2. The third-order valence-electron chi connectivity index (χ3n) is 2.50. The lowest BCUT2D eigenvalue weighted by Gasteiger charge is -2.10. The zero-order valence-corrected chi connectivity index (χ0v) is 11.8. The molecule has 110 valence electrons. The molecule has 5 nitrogen and oxygen atoms in total. The fourth-order valence-electron chi connectivity index (χ4n) is 1.48. The molecule has 0 aliphatic rings. The minimum absolute atomic E-state index is 0.0869. The van der Waals surface area contributed by atoms with Crippen LogP contribution >= 0.6 is 11.6 Å². The van der Waals surface area contributed by atoms with Gasteiger partial charge in [-0.3, -0.25) is 5.43 Å². The fraction of sp³-hybridized carbons (Fsp3) is 0.0714. The summed E-state index contributed by atoms with van der Waals surface area (Å²) in [6.07, 6.45) is -0.785. The van der Waals surface area contributed by atoms with Crippen molar-refractivity contribution in [3.63, 3.8) is 0 Å². The van der Waals surface area contributed by atoms with Crippen LogP contribution in [0.5, 0.6) is 11.5 Å². The van der Waals surface area contributed by atoms with Crippen LogP contribution in [0.3, 0.4) is 0 Å². The molecular formula is C14H12ClFN2O3. The quantitative estimate of drug-likeness (QED) is 0.847. The molecule has 0 bridgehead atoms. The SMILES string of the molecule is COc1ccc(NNC(=O)Oc2ccc(Cl)cc2)c(F)c1. The summed E-state index contributed by atoms with van der Waals surface area (Å²) in [4.78, 5) is 11.5. The van der Waals surface area contributed by atoms with Gasteiger partial charge < -0.3 is 9.47 Å². The molecule has 0 heterocycles. The summed E-state index contributed by atoms with van der Waals surface area (Å²) in [6, 6.07) is 10.4. The van der Waals surface area contributed by atoms with Crippen molar-refractivity contribution in [1.29, 1.82) is 0 Å². The fourth-order valence-corrected chi connectivity index (χ4v) is 1.60. The van der Waals surface area contributed by atoms with Crippen LogP contribution in [0, 0.1) is 5.82 Å².